The summed E-state index contributed by atoms with van der Waals surface area (Å²) in [7, 11) is 0. The Labute approximate surface area is 359 Å². The lowest BCUT2D eigenvalue weighted by Gasteiger charge is -2.37. The number of anilines is 1. The minimum absolute atomic E-state index is 0.0483. The number of hydrogen-bond acceptors (Lipinski definition) is 8. The Balaban J connectivity index is 1.79. The standard InChI is InChI=1S/C49H59N5O5S/c1-11-13-25-51(26-14-12-2)48-50-44(42-32(3)27-39(28-33(42)4)49(8,9)10)41(60-48)29-40-34(5)43(46(58)52(35(6)55)30-37-21-17-15-18-22-37)47(59)54(45(40)57)53(36(7)56)31-38-23-19-16-20-24-38/h15-24,27-29H,11-14,25-26,30-31H2,1-10H3/b40-29-. The highest BCUT2D eigenvalue weighted by atomic mass is 32.1. The Kier molecular flexibility index (Phi) is 14.8. The number of benzene rings is 3. The third-order valence-electron chi connectivity index (χ3n) is 10.8. The predicted molar refractivity (Wildman–Crippen MR) is 241 cm³/mol. The maximum atomic E-state index is 15.0. The first-order chi connectivity index (χ1) is 28.5. The van der Waals surface area contributed by atoms with Gasteiger partial charge in [-0.2, -0.15) is 5.01 Å². The number of carbonyl (C=O) groups is 5. The van der Waals surface area contributed by atoms with Gasteiger partial charge in [0.1, 0.15) is 5.57 Å². The summed E-state index contributed by atoms with van der Waals surface area (Å²) >= 11 is 1.46. The van der Waals surface area contributed by atoms with Gasteiger partial charge in [0.05, 0.1) is 23.7 Å². The van der Waals surface area contributed by atoms with E-state index in [0.29, 0.717) is 21.7 Å². The van der Waals surface area contributed by atoms with Crippen LogP contribution in [0.3, 0.4) is 0 Å². The lowest BCUT2D eigenvalue weighted by Crippen LogP contribution is -2.56. The Bertz CT molecular complexity index is 2270. The number of imide groups is 2. The molecule has 10 nitrogen and oxygen atoms in total. The van der Waals surface area contributed by atoms with Crippen LogP contribution < -0.4 is 4.90 Å². The summed E-state index contributed by atoms with van der Waals surface area (Å²) in [4.78, 5) is 80.4. The van der Waals surface area contributed by atoms with Crippen molar-refractivity contribution >= 4 is 52.1 Å². The summed E-state index contributed by atoms with van der Waals surface area (Å²) in [6, 6.07) is 22.4. The molecule has 0 fully saturated rings. The van der Waals surface area contributed by atoms with Gasteiger partial charge < -0.3 is 4.90 Å². The van der Waals surface area contributed by atoms with Crippen LogP contribution in [0.2, 0.25) is 0 Å². The zero-order valence-corrected chi connectivity index (χ0v) is 37.7. The van der Waals surface area contributed by atoms with Crippen molar-refractivity contribution in [2.45, 2.75) is 113 Å². The Morgan fingerprint density at radius 1 is 0.767 bits per heavy atom. The molecule has 0 saturated carbocycles. The van der Waals surface area contributed by atoms with Crippen LogP contribution in [-0.2, 0) is 42.5 Å². The van der Waals surface area contributed by atoms with Crippen LogP contribution in [0, 0.1) is 13.8 Å². The maximum Gasteiger partial charge on any atom is 0.285 e. The minimum atomic E-state index is -0.981. The molecule has 0 radical (unpaired) electrons. The molecule has 0 unspecified atom stereocenters. The summed E-state index contributed by atoms with van der Waals surface area (Å²) in [5.41, 5.74) is 5.94. The topological polar surface area (TPSA) is 111 Å². The van der Waals surface area contributed by atoms with Gasteiger partial charge in [0, 0.05) is 38.1 Å². The largest absolute Gasteiger partial charge is 0.348 e. The highest BCUT2D eigenvalue weighted by molar-refractivity contribution is 7.17. The van der Waals surface area contributed by atoms with Crippen LogP contribution in [0.4, 0.5) is 5.13 Å². The van der Waals surface area contributed by atoms with Gasteiger partial charge >= 0.3 is 0 Å². The molecule has 1 aromatic heterocycles. The number of unbranched alkanes of at least 4 members (excludes halogenated alkanes) is 2. The normalized spacial score (nSPS) is 13.9. The van der Waals surface area contributed by atoms with Gasteiger partial charge in [-0.1, -0.05) is 132 Å². The van der Waals surface area contributed by atoms with Gasteiger partial charge in [-0.05, 0) is 78.5 Å². The van der Waals surface area contributed by atoms with Gasteiger partial charge in [0.15, 0.2) is 5.13 Å². The monoisotopic (exact) mass is 829 g/mol. The summed E-state index contributed by atoms with van der Waals surface area (Å²) in [5.74, 6) is -3.75. The van der Waals surface area contributed by atoms with E-state index >= 15 is 4.79 Å². The van der Waals surface area contributed by atoms with Crippen molar-refractivity contribution in [2.24, 2.45) is 0 Å². The smallest absolute Gasteiger partial charge is 0.285 e. The van der Waals surface area contributed by atoms with Crippen LogP contribution in [0.25, 0.3) is 17.3 Å². The van der Waals surface area contributed by atoms with E-state index in [1.807, 2.05) is 12.1 Å². The zero-order valence-electron chi connectivity index (χ0n) is 36.8. The fraction of sp³-hybridized carbons (Fsp3) is 0.388. The third-order valence-corrected chi connectivity index (χ3v) is 11.9. The molecule has 316 valence electrons. The molecular formula is C49H59N5O5S. The van der Waals surface area contributed by atoms with Gasteiger partial charge in [-0.15, -0.1) is 0 Å². The molecule has 0 spiro atoms. The zero-order chi connectivity index (χ0) is 43.9. The molecule has 11 heteroatoms. The number of aryl methyl sites for hydroxylation is 2. The summed E-state index contributed by atoms with van der Waals surface area (Å²) in [5, 5.41) is 2.65. The van der Waals surface area contributed by atoms with Crippen molar-refractivity contribution in [3.05, 3.63) is 122 Å². The average molecular weight is 830 g/mol. The lowest BCUT2D eigenvalue weighted by molar-refractivity contribution is -0.170. The van der Waals surface area contributed by atoms with E-state index in [0.717, 1.165) is 75.5 Å². The second-order valence-electron chi connectivity index (χ2n) is 16.6. The first kappa shape index (κ1) is 45.4. The average Bonchev–Trinajstić information content (AvgIpc) is 3.60. The number of amides is 5. The Morgan fingerprint density at radius 3 is 1.78 bits per heavy atom. The molecule has 0 aliphatic carbocycles. The molecule has 2 heterocycles. The SMILES string of the molecule is CCCCN(CCCC)c1nc(-c2c(C)cc(C(C)(C)C)cc2C)c(/C=C2\C(=O)N(N(Cc3ccccc3)C(C)=O)C(=O)C(C(=O)N(Cc3ccccc3)C(C)=O)=C2C)s1. The number of nitrogens with zero attached hydrogens (tertiary/aromatic N) is 5. The highest BCUT2D eigenvalue weighted by Crippen LogP contribution is 2.41. The molecule has 3 aromatic carbocycles. The maximum absolute atomic E-state index is 15.0. The molecule has 0 atom stereocenters. The van der Waals surface area contributed by atoms with Crippen LogP contribution in [0.15, 0.2) is 89.5 Å². The van der Waals surface area contributed by atoms with Crippen LogP contribution >= 0.6 is 11.3 Å². The van der Waals surface area contributed by atoms with Crippen LogP contribution in [-0.4, -0.2) is 62.5 Å². The van der Waals surface area contributed by atoms with Crippen molar-refractivity contribution in [3.63, 3.8) is 0 Å². The number of thiazole rings is 1. The number of aromatic nitrogens is 1. The summed E-state index contributed by atoms with van der Waals surface area (Å²) in [6.07, 6.45) is 5.70. The molecular weight excluding hydrogens is 771 g/mol. The van der Waals surface area contributed by atoms with Crippen LogP contribution in [0.1, 0.15) is 114 Å². The van der Waals surface area contributed by atoms with Gasteiger partial charge in [0.2, 0.25) is 11.8 Å². The summed E-state index contributed by atoms with van der Waals surface area (Å²) in [6.45, 7) is 20.6. The third kappa shape index (κ3) is 10.2. The van der Waals surface area contributed by atoms with E-state index in [4.69, 9.17) is 4.98 Å². The Morgan fingerprint density at radius 2 is 1.30 bits per heavy atom. The van der Waals surface area contributed by atoms with Crippen LogP contribution in [0.5, 0.6) is 0 Å². The van der Waals surface area contributed by atoms with E-state index in [1.54, 1.807) is 61.5 Å². The number of rotatable bonds is 15. The summed E-state index contributed by atoms with van der Waals surface area (Å²) < 4.78 is 0. The van der Waals surface area contributed by atoms with Crippen molar-refractivity contribution in [1.82, 2.24) is 19.9 Å². The fourth-order valence-electron chi connectivity index (χ4n) is 7.35. The van der Waals surface area contributed by atoms with Gasteiger partial charge in [-0.3, -0.25) is 28.9 Å². The first-order valence-corrected chi connectivity index (χ1v) is 21.7. The Hall–Kier alpha value is -5.68. The second kappa shape index (κ2) is 19.6. The van der Waals surface area contributed by atoms with E-state index in [1.165, 1.54) is 30.7 Å². The predicted octanol–water partition coefficient (Wildman–Crippen LogP) is 9.74. The molecule has 60 heavy (non-hydrogen) atoms. The van der Waals surface area contributed by atoms with Crippen molar-refractivity contribution in [2.75, 3.05) is 18.0 Å². The van der Waals surface area contributed by atoms with Crippen molar-refractivity contribution < 1.29 is 24.0 Å². The van der Waals surface area contributed by atoms with Crippen molar-refractivity contribution in [3.8, 4) is 11.3 Å². The number of hydrazine groups is 1. The highest BCUT2D eigenvalue weighted by Gasteiger charge is 2.44. The van der Waals surface area contributed by atoms with Crippen molar-refractivity contribution in [1.29, 1.82) is 0 Å². The van der Waals surface area contributed by atoms with Gasteiger partial charge in [-0.25, -0.2) is 9.99 Å². The molecule has 4 aromatic rings. The van der Waals surface area contributed by atoms with E-state index in [2.05, 4.69) is 65.5 Å². The molecule has 5 rings (SSSR count). The number of hydrogen-bond donors (Lipinski definition) is 0. The molecule has 0 saturated heterocycles. The number of carbonyl (C=O) groups excluding carboxylic acids is 5. The molecule has 1 aliphatic rings. The molecule has 1 aliphatic heterocycles. The first-order valence-electron chi connectivity index (χ1n) is 20.9. The quantitative estimate of drug-likeness (QED) is 0.0667. The molecule has 0 N–H and O–H groups in total. The molecule has 5 amide bonds. The minimum Gasteiger partial charge on any atom is -0.348 e. The van der Waals surface area contributed by atoms with E-state index in [-0.39, 0.29) is 35.2 Å². The van der Waals surface area contributed by atoms with E-state index < -0.39 is 29.5 Å². The fourth-order valence-corrected chi connectivity index (χ4v) is 8.42. The lowest BCUT2D eigenvalue weighted by atomic mass is 9.83. The van der Waals surface area contributed by atoms with Gasteiger partial charge in [0.25, 0.3) is 17.7 Å². The molecule has 0 bridgehead atoms. The second-order valence-corrected chi connectivity index (χ2v) is 17.6. The van der Waals surface area contributed by atoms with E-state index in [9.17, 15) is 19.2 Å².